The molecule has 3 atom stereocenters. The summed E-state index contributed by atoms with van der Waals surface area (Å²) in [6.07, 6.45) is 3.90. The van der Waals surface area contributed by atoms with Crippen LogP contribution >= 0.6 is 0 Å². The van der Waals surface area contributed by atoms with Crippen LogP contribution in [0.3, 0.4) is 0 Å². The quantitative estimate of drug-likeness (QED) is 0.390. The van der Waals surface area contributed by atoms with Gasteiger partial charge in [-0.2, -0.15) is 0 Å². The molecular formula is C27H34CrO5. The molecule has 1 aliphatic carbocycles. The van der Waals surface area contributed by atoms with Crippen molar-refractivity contribution in [3.05, 3.63) is 55.8 Å². The minimum Gasteiger partial charge on any atom is 0 e. The van der Waals surface area contributed by atoms with E-state index in [0.29, 0.717) is 23.5 Å². The van der Waals surface area contributed by atoms with E-state index in [1.165, 1.54) is 12.8 Å². The zero-order valence-electron chi connectivity index (χ0n) is 20.3. The van der Waals surface area contributed by atoms with E-state index in [4.69, 9.17) is 18.7 Å². The first-order valence-corrected chi connectivity index (χ1v) is 10.7. The van der Waals surface area contributed by atoms with Gasteiger partial charge in [-0.15, -0.1) is 0 Å². The Kier molecular flexibility index (Phi) is 15.9. The van der Waals surface area contributed by atoms with Gasteiger partial charge in [0, 0.05) is 33.7 Å². The summed E-state index contributed by atoms with van der Waals surface area (Å²) in [6, 6.07) is 10.1. The maximum Gasteiger partial charge on any atom is 0 e. The maximum absolute atomic E-state index is 10.8. The van der Waals surface area contributed by atoms with Gasteiger partial charge in [0.2, 0.25) is 0 Å². The van der Waals surface area contributed by atoms with Crippen molar-refractivity contribution >= 4 is 10.8 Å². The molecule has 1 fully saturated rings. The Balaban J connectivity index is 0. The van der Waals surface area contributed by atoms with E-state index in [1.807, 2.05) is 18.2 Å². The van der Waals surface area contributed by atoms with Crippen molar-refractivity contribution in [3.63, 3.8) is 0 Å². The predicted octanol–water partition coefficient (Wildman–Crippen LogP) is 6.57. The number of hydrogen-bond acceptors (Lipinski definition) is 2. The van der Waals surface area contributed by atoms with Gasteiger partial charge in [-0.3, -0.25) is 0 Å². The smallest absolute Gasteiger partial charge is 0 e. The van der Waals surface area contributed by atoms with Crippen LogP contribution in [0.5, 0.6) is 11.5 Å². The molecule has 1 saturated carbocycles. The number of phenols is 1. The van der Waals surface area contributed by atoms with Gasteiger partial charge in [0.15, 0.2) is 0 Å². The Morgan fingerprint density at radius 1 is 0.970 bits per heavy atom. The Hall–Kier alpha value is -1.95. The Bertz CT molecular complexity index is 894. The largest absolute Gasteiger partial charge is 0 e. The molecule has 0 radical (unpaired) electrons. The van der Waals surface area contributed by atoms with Crippen LogP contribution in [0.2, 0.25) is 0 Å². The van der Waals surface area contributed by atoms with Gasteiger partial charge < -0.3 is 9.84 Å². The number of benzene rings is 2. The Morgan fingerprint density at radius 2 is 1.48 bits per heavy atom. The fourth-order valence-electron chi connectivity index (χ4n) is 4.41. The third-order valence-electron chi connectivity index (χ3n) is 6.03. The Labute approximate surface area is 209 Å². The zero-order valence-corrected chi connectivity index (χ0v) is 21.6. The fraction of sp³-hybridized carbons (Fsp3) is 0.519. The van der Waals surface area contributed by atoms with Gasteiger partial charge in [0.1, 0.15) is 17.6 Å². The van der Waals surface area contributed by atoms with Crippen molar-refractivity contribution in [1.29, 1.82) is 0 Å². The van der Waals surface area contributed by atoms with Crippen LogP contribution in [0.4, 0.5) is 0 Å². The first kappa shape index (κ1) is 33.2. The molecule has 0 unspecified atom stereocenters. The van der Waals surface area contributed by atoms with Gasteiger partial charge in [0.05, 0.1) is 0 Å². The first-order valence-electron chi connectivity index (χ1n) is 10.7. The summed E-state index contributed by atoms with van der Waals surface area (Å²) in [5, 5.41) is 12.7. The Morgan fingerprint density at radius 3 is 1.97 bits per heavy atom. The molecule has 2 aromatic rings. The molecule has 178 valence electrons. The SMILES string of the molecule is CC(C)[C@@H]1CC[C@@H](C)C[C@H]1Oc1cc(C(C)(C)C)c(O)c2ccccc12.[C-]#[O+].[C-]#[O+].[C-]#[O+].[Cr]. The zero-order chi connectivity index (χ0) is 25.1. The van der Waals surface area contributed by atoms with E-state index in [1.54, 1.807) is 0 Å². The normalized spacial score (nSPS) is 19.2. The van der Waals surface area contributed by atoms with Gasteiger partial charge in [-0.25, -0.2) is 0 Å². The molecule has 2 aromatic carbocycles. The average Bonchev–Trinajstić information content (AvgIpc) is 2.79. The van der Waals surface area contributed by atoms with E-state index in [2.05, 4.69) is 73.6 Å². The van der Waals surface area contributed by atoms with E-state index < -0.39 is 0 Å². The predicted molar refractivity (Wildman–Crippen MR) is 122 cm³/mol. The second-order valence-electron chi connectivity index (χ2n) is 9.55. The molecule has 1 aliphatic rings. The van der Waals surface area contributed by atoms with Crippen LogP contribution < -0.4 is 4.74 Å². The molecule has 33 heavy (non-hydrogen) atoms. The monoisotopic (exact) mass is 490 g/mol. The van der Waals surface area contributed by atoms with Crippen molar-refractivity contribution in [2.75, 3.05) is 0 Å². The van der Waals surface area contributed by atoms with Gasteiger partial charge >= 0.3 is 33.9 Å². The van der Waals surface area contributed by atoms with Gasteiger partial charge in [-0.05, 0) is 42.1 Å². The average molecular weight is 491 g/mol. The van der Waals surface area contributed by atoms with Crippen LogP contribution in [0.15, 0.2) is 30.3 Å². The second-order valence-corrected chi connectivity index (χ2v) is 9.55. The minimum absolute atomic E-state index is 0. The number of hydrogen-bond donors (Lipinski definition) is 1. The van der Waals surface area contributed by atoms with E-state index in [9.17, 15) is 5.11 Å². The fourth-order valence-corrected chi connectivity index (χ4v) is 4.41. The van der Waals surface area contributed by atoms with Crippen molar-refractivity contribution in [3.8, 4) is 11.5 Å². The standard InChI is InChI=1S/C24H34O2.3CO.Cr/c1-15(2)17-12-11-16(3)13-21(17)26-22-14-20(24(4,5)6)23(25)19-10-8-7-9-18(19)22;3*1-2;/h7-10,14-17,21,25H,11-13H2,1-6H3;;;;/t16-,17+,21-;;;;/m1..../s1. The molecule has 0 amide bonds. The van der Waals surface area contributed by atoms with Crippen molar-refractivity contribution in [2.45, 2.75) is 72.3 Å². The van der Waals surface area contributed by atoms with E-state index in [-0.39, 0.29) is 28.9 Å². The summed E-state index contributed by atoms with van der Waals surface area (Å²) in [4.78, 5) is 0. The third kappa shape index (κ3) is 8.73. The van der Waals surface area contributed by atoms with Crippen molar-refractivity contribution in [1.82, 2.24) is 0 Å². The summed E-state index contributed by atoms with van der Waals surface area (Å²) >= 11 is 0. The minimum atomic E-state index is -0.135. The second kappa shape index (κ2) is 15.8. The summed E-state index contributed by atoms with van der Waals surface area (Å²) in [7, 11) is 0. The van der Waals surface area contributed by atoms with Crippen molar-refractivity contribution in [2.24, 2.45) is 17.8 Å². The molecule has 3 rings (SSSR count). The molecule has 5 nitrogen and oxygen atoms in total. The molecule has 0 heterocycles. The molecule has 0 saturated heterocycles. The molecule has 0 aliphatic heterocycles. The van der Waals surface area contributed by atoms with Crippen LogP contribution in [0, 0.1) is 37.7 Å². The number of fused-ring (bicyclic) bond motifs is 1. The summed E-state index contributed by atoms with van der Waals surface area (Å²) in [5.41, 5.74) is 0.819. The van der Waals surface area contributed by atoms with Crippen LogP contribution in [0.25, 0.3) is 10.8 Å². The molecular weight excluding hydrogens is 456 g/mol. The molecule has 6 heteroatoms. The summed E-state index contributed by atoms with van der Waals surface area (Å²) in [5.74, 6) is 3.24. The number of phenolic OH excluding ortho intramolecular Hbond substituents is 1. The summed E-state index contributed by atoms with van der Waals surface area (Å²) < 4.78 is 29.2. The van der Waals surface area contributed by atoms with Gasteiger partial charge in [0.25, 0.3) is 0 Å². The van der Waals surface area contributed by atoms with E-state index in [0.717, 1.165) is 28.5 Å². The van der Waals surface area contributed by atoms with E-state index >= 15 is 0 Å². The topological polar surface area (TPSA) is 89.2 Å². The van der Waals surface area contributed by atoms with Crippen LogP contribution in [-0.2, 0) is 36.7 Å². The van der Waals surface area contributed by atoms with Gasteiger partial charge in [-0.1, -0.05) is 72.2 Å². The number of ether oxygens (including phenoxy) is 1. The first-order chi connectivity index (χ1) is 15.2. The molecule has 0 aromatic heterocycles. The molecule has 0 bridgehead atoms. The van der Waals surface area contributed by atoms with Crippen LogP contribution in [-0.4, -0.2) is 11.2 Å². The summed E-state index contributed by atoms with van der Waals surface area (Å²) in [6.45, 7) is 26.9. The third-order valence-corrected chi connectivity index (χ3v) is 6.03. The number of aromatic hydroxyl groups is 1. The van der Waals surface area contributed by atoms with Crippen LogP contribution in [0.1, 0.15) is 66.4 Å². The van der Waals surface area contributed by atoms with Crippen molar-refractivity contribution < 1.29 is 41.2 Å². The number of rotatable bonds is 3. The molecule has 1 N–H and O–H groups in total. The molecule has 0 spiro atoms. The maximum atomic E-state index is 10.8.